The third-order valence-electron chi connectivity index (χ3n) is 5.96. The standard InChI is InChI=1S/C27H17F6NO3/c1-14-22-18(12-9-15-7-10-16(11-8-15)26(28,29)30)24(17-5-3-4-6-19(17)27(31,32)33)34(2)20(22)13-21(35)23(14)25(36)37/h3-8,10-11,13,35H,1-2H3,(H,36,37). The monoisotopic (exact) mass is 517 g/mol. The molecule has 10 heteroatoms. The van der Waals surface area contributed by atoms with E-state index in [1.165, 1.54) is 36.7 Å². The Bertz CT molecular complexity index is 1600. The van der Waals surface area contributed by atoms with Crippen LogP contribution >= 0.6 is 0 Å². The van der Waals surface area contributed by atoms with E-state index in [1.54, 1.807) is 0 Å². The van der Waals surface area contributed by atoms with Crippen LogP contribution in [0.1, 0.15) is 38.2 Å². The molecule has 0 radical (unpaired) electrons. The molecule has 4 rings (SSSR count). The van der Waals surface area contributed by atoms with Crippen LogP contribution in [-0.2, 0) is 19.4 Å². The lowest BCUT2D eigenvalue weighted by Gasteiger charge is -2.14. The van der Waals surface area contributed by atoms with Crippen molar-refractivity contribution in [2.45, 2.75) is 19.3 Å². The second-order valence-corrected chi connectivity index (χ2v) is 8.25. The highest BCUT2D eigenvalue weighted by molar-refractivity contribution is 6.05. The first-order valence-electron chi connectivity index (χ1n) is 10.7. The van der Waals surface area contributed by atoms with E-state index in [-0.39, 0.29) is 38.9 Å². The van der Waals surface area contributed by atoms with Gasteiger partial charge in [0.05, 0.1) is 27.9 Å². The average molecular weight is 517 g/mol. The summed E-state index contributed by atoms with van der Waals surface area (Å²) in [5.41, 5.74) is -2.02. The van der Waals surface area contributed by atoms with Gasteiger partial charge in [0.1, 0.15) is 11.3 Å². The Morgan fingerprint density at radius 3 is 2.11 bits per heavy atom. The molecule has 0 aliphatic rings. The Morgan fingerprint density at radius 1 is 0.919 bits per heavy atom. The number of hydrogen-bond acceptors (Lipinski definition) is 2. The van der Waals surface area contributed by atoms with Crippen LogP contribution in [0.25, 0.3) is 22.2 Å². The van der Waals surface area contributed by atoms with E-state index >= 15 is 0 Å². The molecule has 0 fully saturated rings. The minimum Gasteiger partial charge on any atom is -0.507 e. The zero-order valence-electron chi connectivity index (χ0n) is 19.2. The van der Waals surface area contributed by atoms with Crippen molar-refractivity contribution in [3.8, 4) is 28.8 Å². The molecule has 0 saturated carbocycles. The number of aromatic nitrogens is 1. The first kappa shape index (κ1) is 25.7. The van der Waals surface area contributed by atoms with Gasteiger partial charge in [-0.05, 0) is 42.8 Å². The lowest BCUT2D eigenvalue weighted by atomic mass is 9.96. The highest BCUT2D eigenvalue weighted by Gasteiger charge is 2.35. The van der Waals surface area contributed by atoms with Gasteiger partial charge >= 0.3 is 18.3 Å². The van der Waals surface area contributed by atoms with Gasteiger partial charge in [-0.2, -0.15) is 26.3 Å². The van der Waals surface area contributed by atoms with Crippen LogP contribution in [0.15, 0.2) is 54.6 Å². The maximum absolute atomic E-state index is 13.9. The summed E-state index contributed by atoms with van der Waals surface area (Å²) in [5, 5.41) is 20.1. The number of phenols is 1. The number of aromatic carboxylic acids is 1. The second-order valence-electron chi connectivity index (χ2n) is 8.25. The maximum Gasteiger partial charge on any atom is 0.417 e. The third kappa shape index (κ3) is 4.60. The van der Waals surface area contributed by atoms with E-state index in [9.17, 15) is 41.4 Å². The molecule has 2 N–H and O–H groups in total. The van der Waals surface area contributed by atoms with Crippen molar-refractivity contribution >= 4 is 16.9 Å². The van der Waals surface area contributed by atoms with Gasteiger partial charge in [0.25, 0.3) is 0 Å². The van der Waals surface area contributed by atoms with Crippen LogP contribution < -0.4 is 0 Å². The topological polar surface area (TPSA) is 62.5 Å². The number of carbonyl (C=O) groups is 1. The molecule has 0 aliphatic heterocycles. The van der Waals surface area contributed by atoms with E-state index in [0.717, 1.165) is 36.4 Å². The fraction of sp³-hybridized carbons (Fsp3) is 0.148. The average Bonchev–Trinajstić information content (AvgIpc) is 3.08. The van der Waals surface area contributed by atoms with E-state index < -0.39 is 40.8 Å². The molecule has 1 aromatic heterocycles. The fourth-order valence-electron chi connectivity index (χ4n) is 4.29. The molecule has 4 nitrogen and oxygen atoms in total. The number of aryl methyl sites for hydroxylation is 2. The molecule has 37 heavy (non-hydrogen) atoms. The molecule has 0 spiro atoms. The van der Waals surface area contributed by atoms with Crippen LogP contribution in [0, 0.1) is 18.8 Å². The summed E-state index contributed by atoms with van der Waals surface area (Å²) in [7, 11) is 1.45. The summed E-state index contributed by atoms with van der Waals surface area (Å²) in [6.45, 7) is 1.40. The smallest absolute Gasteiger partial charge is 0.417 e. The number of hydrogen-bond donors (Lipinski definition) is 2. The van der Waals surface area contributed by atoms with Gasteiger partial charge in [-0.3, -0.25) is 0 Å². The van der Waals surface area contributed by atoms with Crippen molar-refractivity contribution in [1.82, 2.24) is 4.57 Å². The number of halogens is 6. The lowest BCUT2D eigenvalue weighted by molar-refractivity contribution is -0.138. The van der Waals surface area contributed by atoms with E-state index in [4.69, 9.17) is 0 Å². The molecule has 0 bridgehead atoms. The largest absolute Gasteiger partial charge is 0.507 e. The van der Waals surface area contributed by atoms with Crippen LogP contribution in [0.4, 0.5) is 26.3 Å². The summed E-state index contributed by atoms with van der Waals surface area (Å²) in [6.07, 6.45) is -9.28. The van der Waals surface area contributed by atoms with Gasteiger partial charge in [0, 0.05) is 29.6 Å². The maximum atomic E-state index is 13.9. The van der Waals surface area contributed by atoms with Crippen LogP contribution in [0.2, 0.25) is 0 Å². The van der Waals surface area contributed by atoms with Crippen molar-refractivity contribution in [3.05, 3.63) is 88.0 Å². The number of carboxylic acids is 1. The predicted molar refractivity (Wildman–Crippen MR) is 124 cm³/mol. The number of aromatic hydroxyl groups is 1. The summed E-state index contributed by atoms with van der Waals surface area (Å²) in [5.74, 6) is 3.43. The summed E-state index contributed by atoms with van der Waals surface area (Å²) in [6, 6.07) is 9.83. The molecular weight excluding hydrogens is 500 g/mol. The predicted octanol–water partition coefficient (Wildman–Crippen LogP) is 6.99. The minimum absolute atomic E-state index is 0.00683. The number of alkyl halides is 6. The van der Waals surface area contributed by atoms with Crippen molar-refractivity contribution in [2.75, 3.05) is 0 Å². The zero-order valence-corrected chi connectivity index (χ0v) is 19.2. The molecule has 3 aromatic carbocycles. The van der Waals surface area contributed by atoms with Crippen LogP contribution in [0.3, 0.4) is 0 Å². The van der Waals surface area contributed by atoms with Gasteiger partial charge in [-0.15, -0.1) is 0 Å². The molecule has 1 heterocycles. The molecular formula is C27H17F6NO3. The molecule has 0 atom stereocenters. The van der Waals surface area contributed by atoms with E-state index in [0.29, 0.717) is 0 Å². The van der Waals surface area contributed by atoms with Crippen molar-refractivity contribution in [3.63, 3.8) is 0 Å². The quantitative estimate of drug-likeness (QED) is 0.223. The Labute approximate surface area is 206 Å². The van der Waals surface area contributed by atoms with Gasteiger partial charge in [0.2, 0.25) is 0 Å². The van der Waals surface area contributed by atoms with Gasteiger partial charge in [-0.25, -0.2) is 4.79 Å². The molecule has 4 aromatic rings. The molecule has 0 aliphatic carbocycles. The Balaban J connectivity index is 2.07. The third-order valence-corrected chi connectivity index (χ3v) is 5.96. The molecule has 190 valence electrons. The van der Waals surface area contributed by atoms with Gasteiger partial charge in [0.15, 0.2) is 0 Å². The minimum atomic E-state index is -4.73. The number of fused-ring (bicyclic) bond motifs is 1. The van der Waals surface area contributed by atoms with Crippen molar-refractivity contribution in [1.29, 1.82) is 0 Å². The highest BCUT2D eigenvalue weighted by Crippen LogP contribution is 2.43. The number of nitrogens with zero attached hydrogens (tertiary/aromatic N) is 1. The Hall–Kier alpha value is -4.39. The fourth-order valence-corrected chi connectivity index (χ4v) is 4.29. The molecule has 0 saturated heterocycles. The lowest BCUT2D eigenvalue weighted by Crippen LogP contribution is -2.08. The SMILES string of the molecule is Cc1c(C(=O)O)c(O)cc2c1c(C#Cc1ccc(C(F)(F)F)cc1)c(-c1ccccc1C(F)(F)F)n2C. The second kappa shape index (κ2) is 8.92. The Kier molecular flexibility index (Phi) is 6.20. The van der Waals surface area contributed by atoms with Crippen molar-refractivity contribution in [2.24, 2.45) is 7.05 Å². The van der Waals surface area contributed by atoms with Gasteiger partial charge in [-0.1, -0.05) is 30.0 Å². The summed E-state index contributed by atoms with van der Waals surface area (Å²) in [4.78, 5) is 11.8. The molecule has 0 unspecified atom stereocenters. The zero-order chi connectivity index (χ0) is 27.3. The van der Waals surface area contributed by atoms with Crippen LogP contribution in [-0.4, -0.2) is 20.7 Å². The highest BCUT2D eigenvalue weighted by atomic mass is 19.4. The van der Waals surface area contributed by atoms with Gasteiger partial charge < -0.3 is 14.8 Å². The first-order valence-corrected chi connectivity index (χ1v) is 10.7. The van der Waals surface area contributed by atoms with Crippen LogP contribution in [0.5, 0.6) is 5.75 Å². The number of rotatable bonds is 2. The van der Waals surface area contributed by atoms with E-state index in [1.807, 2.05) is 0 Å². The number of benzene rings is 3. The molecule has 0 amide bonds. The summed E-state index contributed by atoms with van der Waals surface area (Å²) < 4.78 is 81.8. The van der Waals surface area contributed by atoms with Crippen molar-refractivity contribution < 1.29 is 41.4 Å². The first-order chi connectivity index (χ1) is 17.2. The normalized spacial score (nSPS) is 11.9. The summed E-state index contributed by atoms with van der Waals surface area (Å²) >= 11 is 0. The number of carboxylic acid groups (broad SMARTS) is 1. The Morgan fingerprint density at radius 2 is 1.54 bits per heavy atom. The van der Waals surface area contributed by atoms with E-state index in [2.05, 4.69) is 11.8 Å².